The van der Waals surface area contributed by atoms with Crippen molar-refractivity contribution < 1.29 is 12.6 Å². The SMILES string of the molecule is CC(CCNS(=O)(=O)c1c(N)cc(Cl)cc1Cl)S(C)=O. The molecule has 2 atom stereocenters. The largest absolute Gasteiger partial charge is 0.398 e. The molecule has 114 valence electrons. The Labute approximate surface area is 131 Å². The van der Waals surface area contributed by atoms with E-state index in [9.17, 15) is 12.6 Å². The van der Waals surface area contributed by atoms with Crippen LogP contribution in [-0.4, -0.2) is 30.7 Å². The summed E-state index contributed by atoms with van der Waals surface area (Å²) in [5, 5.41) is 0.131. The second-order valence-electron chi connectivity index (χ2n) is 4.30. The third-order valence-corrected chi connectivity index (χ3v) is 6.29. The second-order valence-corrected chi connectivity index (χ2v) is 8.65. The van der Waals surface area contributed by atoms with Gasteiger partial charge in [-0.05, 0) is 18.6 Å². The number of sulfonamides is 1. The lowest BCUT2D eigenvalue weighted by molar-refractivity contribution is 0.578. The molecule has 0 aliphatic carbocycles. The summed E-state index contributed by atoms with van der Waals surface area (Å²) >= 11 is 11.6. The molecular weight excluding hydrogens is 343 g/mol. The number of hydrogen-bond donors (Lipinski definition) is 2. The predicted octanol–water partition coefficient (Wildman–Crippen LogP) is 2.01. The van der Waals surface area contributed by atoms with E-state index in [2.05, 4.69) is 4.72 Å². The molecule has 0 fully saturated rings. The van der Waals surface area contributed by atoms with Crippen molar-refractivity contribution in [1.82, 2.24) is 4.72 Å². The lowest BCUT2D eigenvalue weighted by Crippen LogP contribution is -2.28. The van der Waals surface area contributed by atoms with E-state index in [-0.39, 0.29) is 32.4 Å². The molecule has 0 aliphatic rings. The van der Waals surface area contributed by atoms with E-state index in [0.29, 0.717) is 6.42 Å². The van der Waals surface area contributed by atoms with Crippen molar-refractivity contribution in [1.29, 1.82) is 0 Å². The Balaban J connectivity index is 2.88. The molecule has 0 saturated carbocycles. The van der Waals surface area contributed by atoms with Crippen LogP contribution >= 0.6 is 23.2 Å². The zero-order chi connectivity index (χ0) is 15.5. The molecule has 0 bridgehead atoms. The van der Waals surface area contributed by atoms with Crippen LogP contribution in [0.15, 0.2) is 17.0 Å². The molecule has 5 nitrogen and oxygen atoms in total. The van der Waals surface area contributed by atoms with Crippen molar-refractivity contribution in [2.24, 2.45) is 0 Å². The van der Waals surface area contributed by atoms with Crippen molar-refractivity contribution >= 4 is 49.7 Å². The van der Waals surface area contributed by atoms with Gasteiger partial charge in [0.2, 0.25) is 10.0 Å². The number of rotatable bonds is 6. The summed E-state index contributed by atoms with van der Waals surface area (Å²) in [5.41, 5.74) is 5.64. The molecule has 0 aromatic heterocycles. The smallest absolute Gasteiger partial charge is 0.244 e. The van der Waals surface area contributed by atoms with Crippen LogP contribution in [0.3, 0.4) is 0 Å². The van der Waals surface area contributed by atoms with Crippen LogP contribution in [0.5, 0.6) is 0 Å². The van der Waals surface area contributed by atoms with Gasteiger partial charge in [-0.2, -0.15) is 0 Å². The number of nitrogens with two attached hydrogens (primary N) is 1. The quantitative estimate of drug-likeness (QED) is 0.761. The van der Waals surface area contributed by atoms with Crippen molar-refractivity contribution in [2.45, 2.75) is 23.5 Å². The standard InChI is InChI=1S/C11H16Cl2N2O3S2/c1-7(19(2)16)3-4-15-20(17,18)11-9(13)5-8(12)6-10(11)14/h5-7,15H,3-4,14H2,1-2H3. The van der Waals surface area contributed by atoms with Gasteiger partial charge in [-0.15, -0.1) is 0 Å². The van der Waals surface area contributed by atoms with Gasteiger partial charge < -0.3 is 5.73 Å². The molecule has 0 spiro atoms. The Morgan fingerprint density at radius 2 is 2.00 bits per heavy atom. The van der Waals surface area contributed by atoms with Crippen LogP contribution in [-0.2, 0) is 20.8 Å². The highest BCUT2D eigenvalue weighted by molar-refractivity contribution is 7.89. The minimum atomic E-state index is -3.82. The van der Waals surface area contributed by atoms with E-state index in [1.165, 1.54) is 12.1 Å². The fraction of sp³-hybridized carbons (Fsp3) is 0.455. The highest BCUT2D eigenvalue weighted by atomic mass is 35.5. The van der Waals surface area contributed by atoms with Gasteiger partial charge in [-0.1, -0.05) is 30.1 Å². The van der Waals surface area contributed by atoms with Gasteiger partial charge in [0.15, 0.2) is 0 Å². The first kappa shape index (κ1) is 17.7. The van der Waals surface area contributed by atoms with Crippen molar-refractivity contribution in [3.8, 4) is 0 Å². The van der Waals surface area contributed by atoms with E-state index in [4.69, 9.17) is 28.9 Å². The Morgan fingerprint density at radius 1 is 1.40 bits per heavy atom. The van der Waals surface area contributed by atoms with Crippen molar-refractivity contribution in [2.75, 3.05) is 18.5 Å². The molecule has 9 heteroatoms. The lowest BCUT2D eigenvalue weighted by atomic mass is 10.3. The number of hydrogen-bond acceptors (Lipinski definition) is 4. The molecule has 1 aromatic carbocycles. The number of benzene rings is 1. The fourth-order valence-electron chi connectivity index (χ4n) is 1.50. The molecule has 0 saturated heterocycles. The summed E-state index contributed by atoms with van der Waals surface area (Å²) in [7, 11) is -4.82. The van der Waals surface area contributed by atoms with Gasteiger partial charge in [0.05, 0.1) is 10.7 Å². The minimum Gasteiger partial charge on any atom is -0.398 e. The maximum Gasteiger partial charge on any atom is 0.244 e. The average molecular weight is 359 g/mol. The van der Waals surface area contributed by atoms with Crippen LogP contribution < -0.4 is 10.5 Å². The lowest BCUT2D eigenvalue weighted by Gasteiger charge is -2.12. The summed E-state index contributed by atoms with van der Waals surface area (Å²) in [6.07, 6.45) is 2.03. The van der Waals surface area contributed by atoms with Gasteiger partial charge in [0.1, 0.15) is 4.90 Å². The third-order valence-electron chi connectivity index (χ3n) is 2.72. The maximum absolute atomic E-state index is 12.1. The Hall–Kier alpha value is -0.340. The molecule has 0 heterocycles. The molecule has 2 unspecified atom stereocenters. The third kappa shape index (κ3) is 4.60. The number of nitrogens with one attached hydrogen (secondary N) is 1. The van der Waals surface area contributed by atoms with Gasteiger partial charge in [0.25, 0.3) is 0 Å². The van der Waals surface area contributed by atoms with Crippen LogP contribution in [0.25, 0.3) is 0 Å². The highest BCUT2D eigenvalue weighted by Gasteiger charge is 2.22. The first-order valence-corrected chi connectivity index (χ1v) is 9.57. The van der Waals surface area contributed by atoms with Gasteiger partial charge in [-0.25, -0.2) is 13.1 Å². The average Bonchev–Trinajstić information content (AvgIpc) is 2.26. The summed E-state index contributed by atoms with van der Waals surface area (Å²) in [5.74, 6) is 0. The Morgan fingerprint density at radius 3 is 2.50 bits per heavy atom. The summed E-state index contributed by atoms with van der Waals surface area (Å²) in [4.78, 5) is -0.186. The van der Waals surface area contributed by atoms with E-state index < -0.39 is 20.8 Å². The molecule has 0 radical (unpaired) electrons. The van der Waals surface area contributed by atoms with Crippen LogP contribution in [0.1, 0.15) is 13.3 Å². The molecular formula is C11H16Cl2N2O3S2. The van der Waals surface area contributed by atoms with Crippen LogP contribution in [0.4, 0.5) is 5.69 Å². The van der Waals surface area contributed by atoms with E-state index in [0.717, 1.165) is 0 Å². The summed E-state index contributed by atoms with van der Waals surface area (Å²) in [6, 6.07) is 2.64. The molecule has 20 heavy (non-hydrogen) atoms. The number of nitrogen functional groups attached to an aromatic ring is 1. The van der Waals surface area contributed by atoms with Gasteiger partial charge in [-0.3, -0.25) is 4.21 Å². The zero-order valence-electron chi connectivity index (χ0n) is 11.0. The minimum absolute atomic E-state index is 0.0119. The van der Waals surface area contributed by atoms with Crippen molar-refractivity contribution in [3.05, 3.63) is 22.2 Å². The highest BCUT2D eigenvalue weighted by Crippen LogP contribution is 2.30. The summed E-state index contributed by atoms with van der Waals surface area (Å²) in [6.45, 7) is 1.94. The Kier molecular flexibility index (Phi) is 6.27. The molecule has 1 aromatic rings. The number of anilines is 1. The maximum atomic E-state index is 12.1. The molecule has 1 rings (SSSR count). The van der Waals surface area contributed by atoms with Crippen LogP contribution in [0.2, 0.25) is 10.0 Å². The number of halogens is 2. The molecule has 0 amide bonds. The van der Waals surface area contributed by atoms with Gasteiger partial charge in [0, 0.05) is 33.9 Å². The van der Waals surface area contributed by atoms with Crippen LogP contribution in [0, 0.1) is 0 Å². The monoisotopic (exact) mass is 358 g/mol. The van der Waals surface area contributed by atoms with E-state index >= 15 is 0 Å². The van der Waals surface area contributed by atoms with E-state index in [1.54, 1.807) is 13.2 Å². The van der Waals surface area contributed by atoms with E-state index in [1.807, 2.05) is 0 Å². The summed E-state index contributed by atoms with van der Waals surface area (Å²) < 4.78 is 37.9. The fourth-order valence-corrected chi connectivity index (χ4v) is 3.98. The van der Waals surface area contributed by atoms with Crippen molar-refractivity contribution in [3.63, 3.8) is 0 Å². The molecule has 0 aliphatic heterocycles. The Bertz CT molecular complexity index is 597. The second kappa shape index (κ2) is 7.09. The first-order valence-electron chi connectivity index (χ1n) is 5.71. The zero-order valence-corrected chi connectivity index (χ0v) is 14.2. The first-order chi connectivity index (χ1) is 9.15. The topological polar surface area (TPSA) is 89.3 Å². The van der Waals surface area contributed by atoms with Gasteiger partial charge >= 0.3 is 0 Å². The molecule has 3 N–H and O–H groups in total. The normalized spacial score (nSPS) is 15.0. The predicted molar refractivity (Wildman–Crippen MR) is 84.2 cm³/mol.